The molecule has 2 heterocycles. The number of esters is 1. The van der Waals surface area contributed by atoms with E-state index in [9.17, 15) is 9.59 Å². The van der Waals surface area contributed by atoms with Crippen molar-refractivity contribution >= 4 is 23.1 Å². The predicted molar refractivity (Wildman–Crippen MR) is 85.8 cm³/mol. The minimum Gasteiger partial charge on any atom is -0.454 e. The summed E-state index contributed by atoms with van der Waals surface area (Å²) in [4.78, 5) is 29.6. The molecule has 0 saturated heterocycles. The Balaban J connectivity index is 1.81. The standard InChI is InChI=1S/C17H19NO4S/c1-9-14-12(19)5-17(3,4)6-13(14)22-15(9)16(20)21-8-11-7-18-10(2)23-11/h7H,5-6,8H2,1-4H3. The van der Waals surface area contributed by atoms with Crippen LogP contribution in [0, 0.1) is 19.3 Å². The third kappa shape index (κ3) is 3.08. The third-order valence-corrected chi connectivity index (χ3v) is 4.86. The van der Waals surface area contributed by atoms with Gasteiger partial charge in [-0.2, -0.15) is 0 Å². The van der Waals surface area contributed by atoms with Crippen molar-refractivity contribution in [3.63, 3.8) is 0 Å². The number of rotatable bonds is 3. The van der Waals surface area contributed by atoms with Gasteiger partial charge in [0.2, 0.25) is 5.76 Å². The van der Waals surface area contributed by atoms with E-state index in [1.807, 2.05) is 20.8 Å². The number of ketones is 1. The summed E-state index contributed by atoms with van der Waals surface area (Å²) >= 11 is 1.48. The van der Waals surface area contributed by atoms with E-state index in [0.29, 0.717) is 29.7 Å². The van der Waals surface area contributed by atoms with Gasteiger partial charge in [0.05, 0.1) is 15.4 Å². The quantitative estimate of drug-likeness (QED) is 0.798. The molecule has 0 aromatic carbocycles. The second-order valence-electron chi connectivity index (χ2n) is 6.72. The van der Waals surface area contributed by atoms with Crippen molar-refractivity contribution in [3.8, 4) is 0 Å². The third-order valence-electron chi connectivity index (χ3n) is 3.98. The molecular formula is C17H19NO4S. The molecule has 0 aliphatic heterocycles. The van der Waals surface area contributed by atoms with Gasteiger partial charge >= 0.3 is 5.97 Å². The normalized spacial score (nSPS) is 16.3. The highest BCUT2D eigenvalue weighted by Gasteiger charge is 2.37. The van der Waals surface area contributed by atoms with Crippen LogP contribution < -0.4 is 0 Å². The first-order valence-electron chi connectivity index (χ1n) is 7.51. The van der Waals surface area contributed by atoms with E-state index < -0.39 is 5.97 Å². The molecule has 3 rings (SSSR count). The average Bonchev–Trinajstić information content (AvgIpc) is 2.99. The van der Waals surface area contributed by atoms with Gasteiger partial charge in [-0.3, -0.25) is 4.79 Å². The number of hydrogen-bond acceptors (Lipinski definition) is 6. The van der Waals surface area contributed by atoms with Crippen LogP contribution in [0.4, 0.5) is 0 Å². The summed E-state index contributed by atoms with van der Waals surface area (Å²) in [5.74, 6) is 0.245. The highest BCUT2D eigenvalue weighted by atomic mass is 32.1. The van der Waals surface area contributed by atoms with Crippen molar-refractivity contribution in [1.29, 1.82) is 0 Å². The van der Waals surface area contributed by atoms with E-state index in [1.54, 1.807) is 13.1 Å². The van der Waals surface area contributed by atoms with E-state index in [0.717, 1.165) is 9.88 Å². The zero-order valence-electron chi connectivity index (χ0n) is 13.7. The molecule has 0 bridgehead atoms. The molecule has 122 valence electrons. The number of ether oxygens (including phenoxy) is 1. The summed E-state index contributed by atoms with van der Waals surface area (Å²) in [5, 5.41) is 0.925. The number of aromatic nitrogens is 1. The molecular weight excluding hydrogens is 314 g/mol. The number of fused-ring (bicyclic) bond motifs is 1. The summed E-state index contributed by atoms with van der Waals surface area (Å²) < 4.78 is 11.0. The minimum absolute atomic E-state index is 0.0367. The Labute approximate surface area is 138 Å². The van der Waals surface area contributed by atoms with Crippen molar-refractivity contribution in [2.24, 2.45) is 5.41 Å². The van der Waals surface area contributed by atoms with Gasteiger partial charge in [-0.1, -0.05) is 13.8 Å². The van der Waals surface area contributed by atoms with Gasteiger partial charge in [-0.05, 0) is 19.3 Å². The van der Waals surface area contributed by atoms with Gasteiger partial charge in [0.25, 0.3) is 0 Å². The highest BCUT2D eigenvalue weighted by molar-refractivity contribution is 7.11. The van der Waals surface area contributed by atoms with Crippen molar-refractivity contribution < 1.29 is 18.7 Å². The molecule has 5 nitrogen and oxygen atoms in total. The summed E-state index contributed by atoms with van der Waals surface area (Å²) in [7, 11) is 0. The number of nitrogens with zero attached hydrogens (tertiary/aromatic N) is 1. The Kier molecular flexibility index (Phi) is 3.88. The van der Waals surface area contributed by atoms with Crippen molar-refractivity contribution in [3.05, 3.63) is 38.7 Å². The van der Waals surface area contributed by atoms with Crippen LogP contribution in [0.2, 0.25) is 0 Å². The second kappa shape index (κ2) is 5.60. The SMILES string of the molecule is Cc1ncc(COC(=O)c2oc3c(c2C)C(=O)CC(C)(C)C3)s1. The maximum atomic E-state index is 12.3. The smallest absolute Gasteiger partial charge is 0.374 e. The first-order valence-corrected chi connectivity index (χ1v) is 8.32. The highest BCUT2D eigenvalue weighted by Crippen LogP contribution is 2.38. The molecule has 0 unspecified atom stereocenters. The van der Waals surface area contributed by atoms with E-state index in [-0.39, 0.29) is 23.6 Å². The van der Waals surface area contributed by atoms with Crippen LogP contribution in [0.15, 0.2) is 10.6 Å². The zero-order valence-corrected chi connectivity index (χ0v) is 14.5. The largest absolute Gasteiger partial charge is 0.454 e. The van der Waals surface area contributed by atoms with Crippen LogP contribution in [0.25, 0.3) is 0 Å². The molecule has 0 atom stereocenters. The van der Waals surface area contributed by atoms with E-state index >= 15 is 0 Å². The number of furan rings is 1. The summed E-state index contributed by atoms with van der Waals surface area (Å²) in [6, 6.07) is 0. The molecule has 2 aromatic rings. The first kappa shape index (κ1) is 15.9. The average molecular weight is 333 g/mol. The lowest BCUT2D eigenvalue weighted by Gasteiger charge is -2.27. The minimum atomic E-state index is -0.534. The molecule has 23 heavy (non-hydrogen) atoms. The molecule has 0 amide bonds. The molecule has 6 heteroatoms. The van der Waals surface area contributed by atoms with Crippen molar-refractivity contribution in [1.82, 2.24) is 4.98 Å². The number of thiazole rings is 1. The Bertz CT molecular complexity index is 785. The van der Waals surface area contributed by atoms with Gasteiger partial charge in [0.1, 0.15) is 12.4 Å². The molecule has 0 spiro atoms. The lowest BCUT2D eigenvalue weighted by atomic mass is 9.76. The number of carbonyl (C=O) groups is 2. The summed E-state index contributed by atoms with van der Waals surface area (Å²) in [6.45, 7) is 7.85. The molecule has 0 fully saturated rings. The van der Waals surface area contributed by atoms with Gasteiger partial charge < -0.3 is 9.15 Å². The topological polar surface area (TPSA) is 69.4 Å². The van der Waals surface area contributed by atoms with Gasteiger partial charge in [0, 0.05) is 24.6 Å². The molecule has 0 saturated carbocycles. The van der Waals surface area contributed by atoms with Crippen molar-refractivity contribution in [2.45, 2.75) is 47.1 Å². The Morgan fingerprint density at radius 2 is 2.13 bits per heavy atom. The fourth-order valence-electron chi connectivity index (χ4n) is 2.95. The van der Waals surface area contributed by atoms with E-state index in [2.05, 4.69) is 4.98 Å². The first-order chi connectivity index (χ1) is 10.8. The molecule has 1 aliphatic carbocycles. The van der Waals surface area contributed by atoms with Crippen LogP contribution in [-0.2, 0) is 17.8 Å². The summed E-state index contributed by atoms with van der Waals surface area (Å²) in [5.41, 5.74) is 1.01. The van der Waals surface area contributed by atoms with Gasteiger partial charge in [0.15, 0.2) is 5.78 Å². The Morgan fingerprint density at radius 1 is 1.39 bits per heavy atom. The maximum absolute atomic E-state index is 12.3. The summed E-state index contributed by atoms with van der Waals surface area (Å²) in [6.07, 6.45) is 2.81. The Hall–Kier alpha value is -1.95. The second-order valence-corrected chi connectivity index (χ2v) is 8.04. The molecule has 1 aliphatic rings. The lowest BCUT2D eigenvalue weighted by Crippen LogP contribution is -2.26. The molecule has 0 N–H and O–H groups in total. The number of Topliss-reactive ketones (excluding diaryl/α,β-unsaturated/α-hetero) is 1. The Morgan fingerprint density at radius 3 is 2.78 bits per heavy atom. The fraction of sp³-hybridized carbons (Fsp3) is 0.471. The predicted octanol–water partition coefficient (Wildman–Crippen LogP) is 3.87. The molecule has 2 aromatic heterocycles. The van der Waals surface area contributed by atoms with Gasteiger partial charge in [-0.15, -0.1) is 11.3 Å². The monoisotopic (exact) mass is 333 g/mol. The molecule has 0 radical (unpaired) electrons. The lowest BCUT2D eigenvalue weighted by molar-refractivity contribution is 0.0435. The number of carbonyl (C=O) groups excluding carboxylic acids is 2. The van der Waals surface area contributed by atoms with Crippen LogP contribution in [-0.4, -0.2) is 16.7 Å². The van der Waals surface area contributed by atoms with E-state index in [4.69, 9.17) is 9.15 Å². The van der Waals surface area contributed by atoms with Gasteiger partial charge in [-0.25, -0.2) is 9.78 Å². The number of hydrogen-bond donors (Lipinski definition) is 0. The van der Waals surface area contributed by atoms with Crippen LogP contribution >= 0.6 is 11.3 Å². The number of aryl methyl sites for hydroxylation is 1. The van der Waals surface area contributed by atoms with Crippen molar-refractivity contribution in [2.75, 3.05) is 0 Å². The van der Waals surface area contributed by atoms with E-state index in [1.165, 1.54) is 11.3 Å². The van der Waals surface area contributed by atoms with Crippen LogP contribution in [0.5, 0.6) is 0 Å². The van der Waals surface area contributed by atoms with Crippen LogP contribution in [0.1, 0.15) is 62.4 Å². The fourth-order valence-corrected chi connectivity index (χ4v) is 3.66. The van der Waals surface area contributed by atoms with Crippen LogP contribution in [0.3, 0.4) is 0 Å². The maximum Gasteiger partial charge on any atom is 0.374 e. The zero-order chi connectivity index (χ0) is 16.8.